The summed E-state index contributed by atoms with van der Waals surface area (Å²) in [6.07, 6.45) is 0. The topological polar surface area (TPSA) is 29.1 Å². The average molecular weight is 357 g/mol. The van der Waals surface area contributed by atoms with Gasteiger partial charge in [0, 0.05) is 5.88 Å². The first-order valence-electron chi connectivity index (χ1n) is 5.99. The van der Waals surface area contributed by atoms with Gasteiger partial charge in [0.05, 0.1) is 16.1 Å². The maximum absolute atomic E-state index is 13.4. The molecule has 104 valence electrons. The first kappa shape index (κ1) is 15.0. The van der Waals surface area contributed by atoms with Crippen LogP contribution in [0, 0.1) is 5.82 Å². The molecule has 5 heteroatoms. The van der Waals surface area contributed by atoms with Gasteiger partial charge in [0.1, 0.15) is 5.82 Å². The molecule has 20 heavy (non-hydrogen) atoms. The zero-order chi connectivity index (χ0) is 14.5. The second kappa shape index (κ2) is 6.86. The number of benzene rings is 2. The second-order valence-corrected chi connectivity index (χ2v) is 5.29. The van der Waals surface area contributed by atoms with Crippen LogP contribution in [0.3, 0.4) is 0 Å². The maximum atomic E-state index is 13.4. The maximum Gasteiger partial charge on any atom is 0.253 e. The molecule has 0 spiro atoms. The highest BCUT2D eigenvalue weighted by Gasteiger charge is 2.17. The van der Waals surface area contributed by atoms with Crippen LogP contribution in [0.5, 0.6) is 0 Å². The summed E-state index contributed by atoms with van der Waals surface area (Å²) in [5, 5.41) is 2.80. The number of rotatable bonds is 4. The van der Waals surface area contributed by atoms with Gasteiger partial charge in [-0.1, -0.05) is 36.4 Å². The summed E-state index contributed by atoms with van der Waals surface area (Å²) >= 11 is 8.98. The van der Waals surface area contributed by atoms with Crippen molar-refractivity contribution in [2.24, 2.45) is 0 Å². The summed E-state index contributed by atoms with van der Waals surface area (Å²) in [6, 6.07) is 13.4. The Bertz CT molecular complexity index is 606. The van der Waals surface area contributed by atoms with Crippen LogP contribution in [-0.4, -0.2) is 11.8 Å². The fraction of sp³-hybridized carbons (Fsp3) is 0.133. The van der Waals surface area contributed by atoms with E-state index in [1.54, 1.807) is 6.07 Å². The lowest BCUT2D eigenvalue weighted by molar-refractivity contribution is 0.0939. The molecular weight excluding hydrogens is 345 g/mol. The predicted octanol–water partition coefficient (Wildman–Crippen LogP) is 4.30. The van der Waals surface area contributed by atoms with E-state index in [2.05, 4.69) is 21.2 Å². The van der Waals surface area contributed by atoms with Gasteiger partial charge in [-0.05, 0) is 33.6 Å². The van der Waals surface area contributed by atoms with E-state index >= 15 is 0 Å². The molecule has 1 atom stereocenters. The highest BCUT2D eigenvalue weighted by molar-refractivity contribution is 9.10. The first-order valence-corrected chi connectivity index (χ1v) is 7.32. The van der Waals surface area contributed by atoms with Gasteiger partial charge in [-0.25, -0.2) is 4.39 Å². The summed E-state index contributed by atoms with van der Waals surface area (Å²) in [4.78, 5) is 12.2. The number of amides is 1. The van der Waals surface area contributed by atoms with E-state index in [1.807, 2.05) is 30.3 Å². The molecule has 0 saturated carbocycles. The Hall–Kier alpha value is -1.39. The molecule has 0 aromatic heterocycles. The number of nitrogens with one attached hydrogen (secondary N) is 1. The SMILES string of the molecule is O=C(NC(CCl)c1ccccc1)c1cccc(F)c1Br. The van der Waals surface area contributed by atoms with Crippen LogP contribution in [-0.2, 0) is 0 Å². The summed E-state index contributed by atoms with van der Waals surface area (Å²) in [7, 11) is 0. The fourth-order valence-corrected chi connectivity index (χ4v) is 2.51. The van der Waals surface area contributed by atoms with Crippen molar-refractivity contribution < 1.29 is 9.18 Å². The van der Waals surface area contributed by atoms with E-state index < -0.39 is 5.82 Å². The van der Waals surface area contributed by atoms with Gasteiger partial charge in [0.2, 0.25) is 0 Å². The van der Waals surface area contributed by atoms with Crippen molar-refractivity contribution in [1.29, 1.82) is 0 Å². The van der Waals surface area contributed by atoms with Crippen LogP contribution < -0.4 is 5.32 Å². The Labute approximate surface area is 130 Å². The third kappa shape index (κ3) is 3.38. The molecule has 1 amide bonds. The molecule has 0 aliphatic carbocycles. The van der Waals surface area contributed by atoms with E-state index in [1.165, 1.54) is 12.1 Å². The van der Waals surface area contributed by atoms with Crippen molar-refractivity contribution >= 4 is 33.4 Å². The minimum atomic E-state index is -0.472. The standard InChI is InChI=1S/C15H12BrClFNO/c16-14-11(7-4-8-12(14)18)15(20)19-13(9-17)10-5-2-1-3-6-10/h1-8,13H,9H2,(H,19,20). The van der Waals surface area contributed by atoms with Crippen molar-refractivity contribution in [2.45, 2.75) is 6.04 Å². The van der Waals surface area contributed by atoms with E-state index in [0.29, 0.717) is 0 Å². The number of carbonyl (C=O) groups excluding carboxylic acids is 1. The Kier molecular flexibility index (Phi) is 5.15. The van der Waals surface area contributed by atoms with Crippen LogP contribution in [0.1, 0.15) is 22.0 Å². The van der Waals surface area contributed by atoms with Gasteiger partial charge in [-0.3, -0.25) is 4.79 Å². The number of halogens is 3. The molecule has 0 saturated heterocycles. The molecule has 1 N–H and O–H groups in total. The van der Waals surface area contributed by atoms with Crippen molar-refractivity contribution in [2.75, 3.05) is 5.88 Å². The van der Waals surface area contributed by atoms with Crippen LogP contribution in [0.15, 0.2) is 53.0 Å². The monoisotopic (exact) mass is 355 g/mol. The largest absolute Gasteiger partial charge is 0.344 e. The molecule has 0 fully saturated rings. The Morgan fingerprint density at radius 3 is 2.55 bits per heavy atom. The van der Waals surface area contributed by atoms with Gasteiger partial charge in [0.15, 0.2) is 0 Å². The predicted molar refractivity (Wildman–Crippen MR) is 81.5 cm³/mol. The van der Waals surface area contributed by atoms with Crippen molar-refractivity contribution in [3.8, 4) is 0 Å². The Balaban J connectivity index is 2.20. The van der Waals surface area contributed by atoms with Crippen molar-refractivity contribution in [3.05, 3.63) is 69.9 Å². The van der Waals surface area contributed by atoms with Crippen LogP contribution in [0.4, 0.5) is 4.39 Å². The van der Waals surface area contributed by atoms with Crippen LogP contribution >= 0.6 is 27.5 Å². The summed E-state index contributed by atoms with van der Waals surface area (Å²) in [5.41, 5.74) is 1.15. The van der Waals surface area contributed by atoms with Crippen LogP contribution in [0.25, 0.3) is 0 Å². The minimum absolute atomic E-state index is 0.152. The Morgan fingerprint density at radius 2 is 1.90 bits per heavy atom. The third-order valence-corrected chi connectivity index (χ3v) is 3.97. The zero-order valence-corrected chi connectivity index (χ0v) is 12.8. The van der Waals surface area contributed by atoms with Crippen molar-refractivity contribution in [1.82, 2.24) is 5.32 Å². The molecule has 0 aliphatic heterocycles. The number of hydrogen-bond donors (Lipinski definition) is 1. The number of alkyl halides is 1. The molecule has 0 bridgehead atoms. The third-order valence-electron chi connectivity index (χ3n) is 2.86. The molecule has 2 rings (SSSR count). The van der Waals surface area contributed by atoms with E-state index in [-0.39, 0.29) is 27.9 Å². The molecule has 0 aliphatic rings. The lowest BCUT2D eigenvalue weighted by atomic mass is 10.1. The lowest BCUT2D eigenvalue weighted by Crippen LogP contribution is -2.30. The van der Waals surface area contributed by atoms with Gasteiger partial charge in [-0.15, -0.1) is 11.6 Å². The van der Waals surface area contributed by atoms with Gasteiger partial charge < -0.3 is 5.32 Å². The van der Waals surface area contributed by atoms with E-state index in [9.17, 15) is 9.18 Å². The number of hydrogen-bond acceptors (Lipinski definition) is 1. The Morgan fingerprint density at radius 1 is 1.20 bits per heavy atom. The lowest BCUT2D eigenvalue weighted by Gasteiger charge is -2.17. The second-order valence-electron chi connectivity index (χ2n) is 4.19. The van der Waals surface area contributed by atoms with Gasteiger partial charge >= 0.3 is 0 Å². The molecule has 2 aromatic carbocycles. The molecule has 2 aromatic rings. The number of carbonyl (C=O) groups is 1. The molecule has 0 heterocycles. The smallest absolute Gasteiger partial charge is 0.253 e. The average Bonchev–Trinajstić information content (AvgIpc) is 2.48. The molecule has 2 nitrogen and oxygen atoms in total. The summed E-state index contributed by atoms with van der Waals surface area (Å²) in [6.45, 7) is 0. The normalized spacial score (nSPS) is 11.9. The first-order chi connectivity index (χ1) is 9.63. The molecule has 1 unspecified atom stereocenters. The van der Waals surface area contributed by atoms with Gasteiger partial charge in [0.25, 0.3) is 5.91 Å². The molecule has 0 radical (unpaired) electrons. The van der Waals surface area contributed by atoms with Crippen LogP contribution in [0.2, 0.25) is 0 Å². The van der Waals surface area contributed by atoms with Gasteiger partial charge in [-0.2, -0.15) is 0 Å². The molecular formula is C15H12BrClFNO. The highest BCUT2D eigenvalue weighted by Crippen LogP contribution is 2.22. The minimum Gasteiger partial charge on any atom is -0.344 e. The van der Waals surface area contributed by atoms with E-state index in [4.69, 9.17) is 11.6 Å². The highest BCUT2D eigenvalue weighted by atomic mass is 79.9. The summed E-state index contributed by atoms with van der Waals surface area (Å²) < 4.78 is 13.6. The summed E-state index contributed by atoms with van der Waals surface area (Å²) in [5.74, 6) is -0.603. The fourth-order valence-electron chi connectivity index (χ4n) is 1.81. The zero-order valence-electron chi connectivity index (χ0n) is 10.4. The van der Waals surface area contributed by atoms with Crippen molar-refractivity contribution in [3.63, 3.8) is 0 Å². The quantitative estimate of drug-likeness (QED) is 0.813. The van der Waals surface area contributed by atoms with E-state index in [0.717, 1.165) is 5.56 Å².